The number of alkyl halides is 3. The highest BCUT2D eigenvalue weighted by Gasteiger charge is 2.31. The summed E-state index contributed by atoms with van der Waals surface area (Å²) < 4.78 is 72.8. The number of aryl methyl sites for hydroxylation is 3. The van der Waals surface area contributed by atoms with Gasteiger partial charge in [-0.15, -0.1) is 0 Å². The summed E-state index contributed by atoms with van der Waals surface area (Å²) in [6.07, 6.45) is -4.32. The lowest BCUT2D eigenvalue weighted by atomic mass is 10.1. The third-order valence-corrected chi connectivity index (χ3v) is 3.01. The molecule has 9 heteroatoms. The van der Waals surface area contributed by atoms with Crippen LogP contribution in [0.1, 0.15) is 22.5 Å². The molecule has 1 N–H and O–H groups in total. The standard InChI is InChI=1S/C15H15F3N.ClHO4/c1-10-7-11(2)19(12(3)8-10)14-6-4-5-13(9-14)15(16,17)18;2-1(3,4)5/h4-9H,1-3H3;(H,2,3,4,5)/q+1;. The Morgan fingerprint density at radius 1 is 0.958 bits per heavy atom. The highest BCUT2D eigenvalue weighted by molar-refractivity contribution is 5.31. The van der Waals surface area contributed by atoms with E-state index in [1.807, 2.05) is 37.5 Å². The van der Waals surface area contributed by atoms with Gasteiger partial charge in [-0.2, -0.15) is 31.7 Å². The molecule has 1 heterocycles. The van der Waals surface area contributed by atoms with Crippen LogP contribution in [-0.2, 0) is 6.18 Å². The molecule has 0 fully saturated rings. The average molecular weight is 367 g/mol. The predicted molar refractivity (Wildman–Crippen MR) is 69.4 cm³/mol. The van der Waals surface area contributed by atoms with E-state index in [2.05, 4.69) is 0 Å². The highest BCUT2D eigenvalue weighted by Crippen LogP contribution is 2.29. The van der Waals surface area contributed by atoms with Gasteiger partial charge in [0, 0.05) is 38.1 Å². The summed E-state index contributed by atoms with van der Waals surface area (Å²) in [5.41, 5.74) is 2.83. The summed E-state index contributed by atoms with van der Waals surface area (Å²) in [6, 6.07) is 9.28. The van der Waals surface area contributed by atoms with E-state index in [4.69, 9.17) is 18.6 Å². The van der Waals surface area contributed by atoms with Crippen LogP contribution in [0.4, 0.5) is 13.2 Å². The summed E-state index contributed by atoms with van der Waals surface area (Å²) in [6.45, 7) is 5.75. The number of nitrogens with zero attached hydrogens (tertiary/aromatic N) is 1. The van der Waals surface area contributed by atoms with Crippen LogP contribution in [0.3, 0.4) is 0 Å². The van der Waals surface area contributed by atoms with Crippen molar-refractivity contribution in [3.63, 3.8) is 0 Å². The molecule has 0 aliphatic carbocycles. The first-order chi connectivity index (χ1) is 10.8. The van der Waals surface area contributed by atoms with Gasteiger partial charge in [-0.05, 0) is 18.6 Å². The molecular formula is C15H16ClF3NO4+. The smallest absolute Gasteiger partial charge is 0.183 e. The molecule has 0 saturated heterocycles. The second kappa shape index (κ2) is 7.45. The Bertz CT molecular complexity index is 686. The van der Waals surface area contributed by atoms with Crippen molar-refractivity contribution in [2.75, 3.05) is 0 Å². The van der Waals surface area contributed by atoms with E-state index in [1.165, 1.54) is 12.1 Å². The predicted octanol–water partition coefficient (Wildman–Crippen LogP) is -0.217. The van der Waals surface area contributed by atoms with Crippen molar-refractivity contribution in [2.45, 2.75) is 26.9 Å². The summed E-state index contributed by atoms with van der Waals surface area (Å²) in [7, 11) is -4.69. The van der Waals surface area contributed by atoms with Crippen molar-refractivity contribution >= 4 is 0 Å². The van der Waals surface area contributed by atoms with Crippen LogP contribution in [0.5, 0.6) is 0 Å². The molecule has 5 nitrogen and oxygen atoms in total. The van der Waals surface area contributed by atoms with Gasteiger partial charge in [-0.25, -0.2) is 0 Å². The van der Waals surface area contributed by atoms with Crippen molar-refractivity contribution in [3.05, 3.63) is 58.9 Å². The topological polar surface area (TPSA) is 93.3 Å². The van der Waals surface area contributed by atoms with Gasteiger partial charge in [0.2, 0.25) is 5.69 Å². The van der Waals surface area contributed by atoms with Gasteiger partial charge in [0.25, 0.3) is 0 Å². The molecule has 0 aliphatic rings. The third kappa shape index (κ3) is 6.42. The maximum Gasteiger partial charge on any atom is 0.416 e. The van der Waals surface area contributed by atoms with Gasteiger partial charge in [0.15, 0.2) is 11.4 Å². The fourth-order valence-corrected chi connectivity index (χ4v) is 2.34. The van der Waals surface area contributed by atoms with Crippen LogP contribution >= 0.6 is 0 Å². The Morgan fingerprint density at radius 3 is 1.83 bits per heavy atom. The number of halogens is 4. The Balaban J connectivity index is 0.000000505. The van der Waals surface area contributed by atoms with E-state index in [9.17, 15) is 13.2 Å². The minimum Gasteiger partial charge on any atom is -0.183 e. The summed E-state index contributed by atoms with van der Waals surface area (Å²) >= 11 is 0. The van der Waals surface area contributed by atoms with Gasteiger partial charge >= 0.3 is 6.18 Å². The number of benzene rings is 1. The van der Waals surface area contributed by atoms with Crippen LogP contribution in [0.2, 0.25) is 0 Å². The number of rotatable bonds is 1. The normalized spacial score (nSPS) is 11.8. The second-order valence-electron chi connectivity index (χ2n) is 5.09. The molecule has 0 aliphatic heterocycles. The van der Waals surface area contributed by atoms with Crippen LogP contribution < -0.4 is 18.5 Å². The second-order valence-corrected chi connectivity index (χ2v) is 5.89. The lowest BCUT2D eigenvalue weighted by Crippen LogP contribution is -2.58. The largest absolute Gasteiger partial charge is 0.416 e. The Labute approximate surface area is 139 Å². The van der Waals surface area contributed by atoms with E-state index in [1.54, 1.807) is 6.07 Å². The minimum atomic E-state index is -4.69. The molecule has 0 spiro atoms. The average Bonchev–Trinajstić information content (AvgIpc) is 2.34. The fourth-order valence-electron chi connectivity index (χ4n) is 2.34. The Kier molecular flexibility index (Phi) is 6.32. The zero-order valence-corrected chi connectivity index (χ0v) is 13.9. The van der Waals surface area contributed by atoms with E-state index < -0.39 is 22.0 Å². The van der Waals surface area contributed by atoms with Gasteiger partial charge < -0.3 is 0 Å². The van der Waals surface area contributed by atoms with Crippen molar-refractivity contribution in [1.29, 1.82) is 0 Å². The van der Waals surface area contributed by atoms with Crippen LogP contribution in [0, 0.1) is 31.0 Å². The molecule has 24 heavy (non-hydrogen) atoms. The summed E-state index contributed by atoms with van der Waals surface area (Å²) in [5.74, 6) is 0. The van der Waals surface area contributed by atoms with Crippen molar-refractivity contribution < 1.29 is 46.6 Å². The molecule has 0 atom stereocenters. The van der Waals surface area contributed by atoms with Crippen molar-refractivity contribution in [1.82, 2.24) is 0 Å². The minimum absolute atomic E-state index is 0.532. The highest BCUT2D eigenvalue weighted by atomic mass is 35.7. The summed E-state index contributed by atoms with van der Waals surface area (Å²) in [4.78, 5) is 0. The van der Waals surface area contributed by atoms with E-state index in [0.29, 0.717) is 5.69 Å². The fraction of sp³-hybridized carbons (Fsp3) is 0.267. The van der Waals surface area contributed by atoms with Gasteiger partial charge in [-0.1, -0.05) is 6.07 Å². The monoisotopic (exact) mass is 366 g/mol. The lowest BCUT2D eigenvalue weighted by molar-refractivity contribution is -1.92. The molecule has 0 amide bonds. The van der Waals surface area contributed by atoms with Crippen molar-refractivity contribution in [3.8, 4) is 5.69 Å². The first-order valence-electron chi connectivity index (χ1n) is 6.60. The molecular weight excluding hydrogens is 351 g/mol. The van der Waals surface area contributed by atoms with E-state index in [-0.39, 0.29) is 0 Å². The van der Waals surface area contributed by atoms with Gasteiger partial charge in [-0.3, -0.25) is 0 Å². The zero-order chi connectivity index (χ0) is 18.7. The molecule has 2 rings (SSSR count). The van der Waals surface area contributed by atoms with Gasteiger partial charge in [0.05, 0.1) is 20.5 Å². The Morgan fingerprint density at radius 2 is 1.42 bits per heavy atom. The van der Waals surface area contributed by atoms with Crippen molar-refractivity contribution in [2.24, 2.45) is 0 Å². The number of pyridine rings is 1. The quantitative estimate of drug-likeness (QED) is 0.706. The molecule has 1 aromatic heterocycles. The first-order valence-corrected chi connectivity index (χ1v) is 7.86. The number of aromatic nitrogens is 1. The van der Waals surface area contributed by atoms with Crippen LogP contribution in [-0.4, -0.2) is 4.66 Å². The molecule has 0 saturated carbocycles. The SMILES string of the molecule is Cc1cc(C)[n+](-c2cccc(C(F)(F)F)c2)c(C)c1.[O-][Cl+3]([O-])([O-])O. The molecule has 0 unspecified atom stereocenters. The van der Waals surface area contributed by atoms with E-state index >= 15 is 0 Å². The molecule has 0 bridgehead atoms. The van der Waals surface area contributed by atoms with Crippen LogP contribution in [0.25, 0.3) is 5.69 Å². The maximum absolute atomic E-state index is 12.7. The Hall–Kier alpha value is -1.71. The number of hydrogen-bond donors (Lipinski definition) is 1. The van der Waals surface area contributed by atoms with E-state index in [0.717, 1.165) is 23.0 Å². The molecule has 132 valence electrons. The zero-order valence-electron chi connectivity index (χ0n) is 13.1. The third-order valence-electron chi connectivity index (χ3n) is 3.01. The molecule has 0 radical (unpaired) electrons. The number of hydrogen-bond acceptors (Lipinski definition) is 4. The van der Waals surface area contributed by atoms with Gasteiger partial charge in [0.1, 0.15) is 0 Å². The maximum atomic E-state index is 12.7. The summed E-state index contributed by atoms with van der Waals surface area (Å²) in [5, 5.41) is 0. The first kappa shape index (κ1) is 20.3. The molecule has 2 aromatic rings. The molecule has 1 aromatic carbocycles. The van der Waals surface area contributed by atoms with Crippen LogP contribution in [0.15, 0.2) is 36.4 Å². The lowest BCUT2D eigenvalue weighted by Gasteiger charge is -2.08.